The molecule has 0 unspecified atom stereocenters. The molecule has 0 amide bonds. The molecular weight excluding hydrogens is 414 g/mol. The summed E-state index contributed by atoms with van der Waals surface area (Å²) in [6, 6.07) is 25.7. The minimum absolute atomic E-state index is 0.215. The average molecular weight is 440 g/mol. The Kier molecular flexibility index (Phi) is 6.47. The zero-order valence-corrected chi connectivity index (χ0v) is 18.9. The maximum Gasteiger partial charge on any atom is 0.131 e. The van der Waals surface area contributed by atoms with Crippen LogP contribution in [0.4, 0.5) is 11.4 Å². The van der Waals surface area contributed by atoms with Crippen LogP contribution in [0.2, 0.25) is 0 Å². The van der Waals surface area contributed by atoms with Gasteiger partial charge < -0.3 is 15.1 Å². The van der Waals surface area contributed by atoms with E-state index in [1.54, 1.807) is 12.3 Å². The minimum Gasteiger partial charge on any atom is -0.507 e. The van der Waals surface area contributed by atoms with E-state index < -0.39 is 0 Å². The highest BCUT2D eigenvalue weighted by atomic mass is 32.2. The quantitative estimate of drug-likeness (QED) is 0.209. The first-order valence-electron chi connectivity index (χ1n) is 10.3. The second kappa shape index (κ2) is 9.62. The van der Waals surface area contributed by atoms with Gasteiger partial charge in [0.25, 0.3) is 0 Å². The molecule has 0 aliphatic carbocycles. The van der Waals surface area contributed by atoms with Crippen molar-refractivity contribution in [1.29, 1.82) is 0 Å². The van der Waals surface area contributed by atoms with E-state index >= 15 is 0 Å². The summed E-state index contributed by atoms with van der Waals surface area (Å²) in [5.74, 6) is 0.215. The fourth-order valence-corrected chi connectivity index (χ4v) is 4.38. The summed E-state index contributed by atoms with van der Waals surface area (Å²) in [6.45, 7) is 8.35. The van der Waals surface area contributed by atoms with E-state index in [0.717, 1.165) is 44.2 Å². The average Bonchev–Trinajstić information content (AvgIpc) is 2.81. The van der Waals surface area contributed by atoms with Gasteiger partial charge in [0.1, 0.15) is 5.75 Å². The highest BCUT2D eigenvalue weighted by molar-refractivity contribution is 8.00. The smallest absolute Gasteiger partial charge is 0.131 e. The van der Waals surface area contributed by atoms with Crippen molar-refractivity contribution >= 4 is 29.0 Å². The lowest BCUT2D eigenvalue weighted by atomic mass is 10.0. The first-order chi connectivity index (χ1) is 15.5. The molecule has 0 spiro atoms. The van der Waals surface area contributed by atoms with Crippen LogP contribution in [0.15, 0.2) is 96.5 Å². The summed E-state index contributed by atoms with van der Waals surface area (Å²) in [5, 5.41) is 13.7. The van der Waals surface area contributed by atoms with E-state index in [1.807, 2.05) is 48.5 Å². The summed E-state index contributed by atoms with van der Waals surface area (Å²) < 4.78 is 3.38. The van der Waals surface area contributed by atoms with Crippen molar-refractivity contribution in [2.75, 3.05) is 10.0 Å². The number of hydrogen-bond donors (Lipinski definition) is 3. The molecule has 0 atom stereocenters. The van der Waals surface area contributed by atoms with Gasteiger partial charge in [0.05, 0.1) is 22.0 Å². The maximum atomic E-state index is 10.4. The van der Waals surface area contributed by atoms with Crippen LogP contribution in [-0.4, -0.2) is 10.1 Å². The summed E-state index contributed by atoms with van der Waals surface area (Å²) in [6.07, 6.45) is 1.77. The van der Waals surface area contributed by atoms with Gasteiger partial charge in [-0.25, -0.2) is 0 Å². The van der Waals surface area contributed by atoms with Gasteiger partial charge in [0, 0.05) is 17.4 Å². The molecule has 4 rings (SSSR count). The zero-order chi connectivity index (χ0) is 22.5. The predicted molar refractivity (Wildman–Crippen MR) is 136 cm³/mol. The van der Waals surface area contributed by atoms with Crippen molar-refractivity contribution in [2.24, 2.45) is 0 Å². The Morgan fingerprint density at radius 2 is 1.66 bits per heavy atom. The summed E-state index contributed by atoms with van der Waals surface area (Å²) in [4.78, 5) is 5.27. The van der Waals surface area contributed by atoms with Crippen LogP contribution in [0.5, 0.6) is 5.75 Å². The molecule has 3 N–H and O–H groups in total. The van der Waals surface area contributed by atoms with E-state index in [0.29, 0.717) is 5.70 Å². The van der Waals surface area contributed by atoms with Gasteiger partial charge in [-0.2, -0.15) is 0 Å². The summed E-state index contributed by atoms with van der Waals surface area (Å²) in [5.41, 5.74) is 7.76. The van der Waals surface area contributed by atoms with Gasteiger partial charge in [0.2, 0.25) is 0 Å². The number of para-hydroxylation sites is 1. The van der Waals surface area contributed by atoms with Crippen LogP contribution in [0, 0.1) is 13.8 Å². The van der Waals surface area contributed by atoms with Crippen LogP contribution < -0.4 is 10.0 Å². The largest absolute Gasteiger partial charge is 0.507 e. The predicted octanol–water partition coefficient (Wildman–Crippen LogP) is 7.27. The monoisotopic (exact) mass is 439 g/mol. The van der Waals surface area contributed by atoms with Crippen LogP contribution in [-0.2, 0) is 0 Å². The number of nitrogens with one attached hydrogen (secondary N) is 2. The van der Waals surface area contributed by atoms with E-state index in [4.69, 9.17) is 0 Å². The molecule has 1 heterocycles. The number of aromatic hydroxyl groups is 1. The van der Waals surface area contributed by atoms with Crippen molar-refractivity contribution < 1.29 is 5.11 Å². The second-order valence-electron chi connectivity index (χ2n) is 7.52. The summed E-state index contributed by atoms with van der Waals surface area (Å²) in [7, 11) is 0. The van der Waals surface area contributed by atoms with Crippen molar-refractivity contribution in [2.45, 2.75) is 18.7 Å². The molecule has 4 aromatic rings. The van der Waals surface area contributed by atoms with Gasteiger partial charge >= 0.3 is 0 Å². The van der Waals surface area contributed by atoms with Crippen LogP contribution in [0.1, 0.15) is 16.8 Å². The van der Waals surface area contributed by atoms with Gasteiger partial charge in [-0.05, 0) is 66.8 Å². The van der Waals surface area contributed by atoms with Crippen molar-refractivity contribution in [1.82, 2.24) is 4.98 Å². The van der Waals surface area contributed by atoms with Crippen molar-refractivity contribution in [3.63, 3.8) is 0 Å². The third-order valence-corrected chi connectivity index (χ3v) is 6.03. The van der Waals surface area contributed by atoms with Gasteiger partial charge in [0.15, 0.2) is 0 Å². The number of phenolic OH excluding ortho intramolecular Hbond substituents is 1. The molecule has 32 heavy (non-hydrogen) atoms. The molecule has 0 radical (unpaired) electrons. The Balaban J connectivity index is 1.54. The van der Waals surface area contributed by atoms with Crippen LogP contribution in [0.25, 0.3) is 16.8 Å². The number of aromatic nitrogens is 1. The highest BCUT2D eigenvalue weighted by Crippen LogP contribution is 2.35. The Morgan fingerprint density at radius 3 is 2.41 bits per heavy atom. The SMILES string of the molecule is C=C(Nc1ccc(O)c(SNc2c(C)cccc2C)c1)c1ncccc1-c1ccccc1. The Bertz CT molecular complexity index is 1230. The normalized spacial score (nSPS) is 10.6. The lowest BCUT2D eigenvalue weighted by Crippen LogP contribution is -2.02. The Labute approximate surface area is 193 Å². The minimum atomic E-state index is 0.215. The third kappa shape index (κ3) is 4.79. The van der Waals surface area contributed by atoms with Crippen LogP contribution in [0.3, 0.4) is 0 Å². The van der Waals surface area contributed by atoms with Crippen molar-refractivity contribution in [3.8, 4) is 16.9 Å². The molecule has 0 fully saturated rings. The lowest BCUT2D eigenvalue weighted by Gasteiger charge is -2.15. The first kappa shape index (κ1) is 21.5. The fraction of sp³-hybridized carbons (Fsp3) is 0.0741. The number of phenols is 1. The molecule has 0 aliphatic rings. The zero-order valence-electron chi connectivity index (χ0n) is 18.1. The highest BCUT2D eigenvalue weighted by Gasteiger charge is 2.11. The van der Waals surface area contributed by atoms with E-state index in [2.05, 4.69) is 59.7 Å². The molecule has 0 bridgehead atoms. The molecular formula is C27H25N3OS. The number of rotatable bonds is 7. The second-order valence-corrected chi connectivity index (χ2v) is 8.37. The van der Waals surface area contributed by atoms with Gasteiger partial charge in [-0.1, -0.05) is 61.2 Å². The number of nitrogens with zero attached hydrogens (tertiary/aromatic N) is 1. The number of benzene rings is 3. The third-order valence-electron chi connectivity index (χ3n) is 5.18. The Hall–Kier alpha value is -3.70. The molecule has 3 aromatic carbocycles. The van der Waals surface area contributed by atoms with E-state index in [1.165, 1.54) is 11.9 Å². The molecule has 5 heteroatoms. The molecule has 160 valence electrons. The topological polar surface area (TPSA) is 57.2 Å². The van der Waals surface area contributed by atoms with Gasteiger partial charge in [-0.15, -0.1) is 0 Å². The maximum absolute atomic E-state index is 10.4. The molecule has 4 nitrogen and oxygen atoms in total. The molecule has 1 aromatic heterocycles. The molecule has 0 saturated heterocycles. The van der Waals surface area contributed by atoms with E-state index in [9.17, 15) is 5.11 Å². The Morgan fingerprint density at radius 1 is 0.906 bits per heavy atom. The molecule has 0 aliphatic heterocycles. The number of pyridine rings is 1. The van der Waals surface area contributed by atoms with Crippen LogP contribution >= 0.6 is 11.9 Å². The first-order valence-corrected chi connectivity index (χ1v) is 11.1. The fourth-order valence-electron chi connectivity index (χ4n) is 3.48. The molecule has 0 saturated carbocycles. The number of aryl methyl sites for hydroxylation is 2. The number of anilines is 2. The van der Waals surface area contributed by atoms with Gasteiger partial charge in [-0.3, -0.25) is 4.98 Å². The van der Waals surface area contributed by atoms with Crippen molar-refractivity contribution in [3.05, 3.63) is 108 Å². The standard InChI is InChI=1S/C27H25N3OS/c1-18-9-7-10-19(2)26(18)30-32-25-17-22(14-15-24(25)31)29-20(3)27-23(13-8-16-28-27)21-11-5-4-6-12-21/h4-17,29-31H,3H2,1-2H3. The summed E-state index contributed by atoms with van der Waals surface area (Å²) >= 11 is 1.38. The van der Waals surface area contributed by atoms with E-state index in [-0.39, 0.29) is 5.75 Å². The lowest BCUT2D eigenvalue weighted by molar-refractivity contribution is 0.462. The number of hydrogen-bond acceptors (Lipinski definition) is 5.